The smallest absolute Gasteiger partial charge is 0.312 e. The first kappa shape index (κ1) is 27.6. The molecule has 0 unspecified atom stereocenters. The Hall–Kier alpha value is -4.51. The average Bonchev–Trinajstić information content (AvgIpc) is 3.42. The van der Waals surface area contributed by atoms with Gasteiger partial charge in [0.1, 0.15) is 12.2 Å². The summed E-state index contributed by atoms with van der Waals surface area (Å²) in [5.41, 5.74) is 1.22. The van der Waals surface area contributed by atoms with Crippen LogP contribution < -0.4 is 10.3 Å². The van der Waals surface area contributed by atoms with Gasteiger partial charge in [-0.25, -0.2) is 4.98 Å². The maximum atomic E-state index is 13.7. The molecule has 0 amide bonds. The van der Waals surface area contributed by atoms with E-state index in [1.54, 1.807) is 54.6 Å². The summed E-state index contributed by atoms with van der Waals surface area (Å²) in [6, 6.07) is 23.9. The zero-order valence-electron chi connectivity index (χ0n) is 21.3. The van der Waals surface area contributed by atoms with Crippen LogP contribution in [0.2, 0.25) is 10.0 Å². The van der Waals surface area contributed by atoms with E-state index in [2.05, 4.69) is 26.0 Å². The third-order valence-corrected chi connectivity index (χ3v) is 7.54. The fourth-order valence-corrected chi connectivity index (χ4v) is 5.16. The van der Waals surface area contributed by atoms with Gasteiger partial charge in [-0.05, 0) is 48.0 Å². The minimum Gasteiger partial charge on any atom is -0.481 e. The van der Waals surface area contributed by atoms with E-state index >= 15 is 0 Å². The van der Waals surface area contributed by atoms with Crippen molar-refractivity contribution < 1.29 is 14.1 Å². The van der Waals surface area contributed by atoms with Crippen LogP contribution in [-0.4, -0.2) is 20.8 Å². The molecule has 0 saturated carbocycles. The first-order chi connectivity index (χ1) is 20.3. The highest BCUT2D eigenvalue weighted by atomic mass is 79.9. The number of ether oxygens (including phenoxy) is 1. The topological polar surface area (TPSA) is 113 Å². The Balaban J connectivity index is 1.48. The molecule has 0 radical (unpaired) electrons. The SMILES string of the molecule is O=c1c2ccccc2nc(-c2cc3ccccc3o2)n1N=Cc1cc(Br)cc([N+](=O)[O-])c1OCc1ccc(Cl)c(Cl)c1. The van der Waals surface area contributed by atoms with Gasteiger partial charge >= 0.3 is 5.69 Å². The van der Waals surface area contributed by atoms with E-state index in [0.717, 1.165) is 10.1 Å². The largest absolute Gasteiger partial charge is 0.481 e. The maximum Gasteiger partial charge on any atom is 0.312 e. The third-order valence-electron chi connectivity index (χ3n) is 6.34. The molecule has 6 rings (SSSR count). The van der Waals surface area contributed by atoms with Gasteiger partial charge in [-0.15, -0.1) is 0 Å². The lowest BCUT2D eigenvalue weighted by atomic mass is 10.2. The lowest BCUT2D eigenvalue weighted by Gasteiger charge is -2.12. The van der Waals surface area contributed by atoms with E-state index in [4.69, 9.17) is 32.4 Å². The van der Waals surface area contributed by atoms with Gasteiger partial charge < -0.3 is 9.15 Å². The number of aromatic nitrogens is 2. The van der Waals surface area contributed by atoms with Crippen molar-refractivity contribution in [2.45, 2.75) is 6.61 Å². The second kappa shape index (κ2) is 11.4. The molecule has 208 valence electrons. The number of halogens is 3. The average molecular weight is 664 g/mol. The van der Waals surface area contributed by atoms with E-state index in [9.17, 15) is 14.9 Å². The summed E-state index contributed by atoms with van der Waals surface area (Å²) >= 11 is 15.5. The first-order valence-corrected chi connectivity index (χ1v) is 13.9. The number of benzene rings is 4. The number of nitro benzene ring substituents is 1. The Morgan fingerprint density at radius 2 is 1.81 bits per heavy atom. The fourth-order valence-electron chi connectivity index (χ4n) is 4.38. The monoisotopic (exact) mass is 662 g/mol. The van der Waals surface area contributed by atoms with E-state index in [1.165, 1.54) is 12.3 Å². The van der Waals surface area contributed by atoms with Gasteiger partial charge in [0, 0.05) is 21.5 Å². The molecule has 6 aromatic rings. The number of hydrogen-bond donors (Lipinski definition) is 0. The van der Waals surface area contributed by atoms with Crippen LogP contribution in [0.4, 0.5) is 5.69 Å². The molecule has 0 spiro atoms. The molecule has 9 nitrogen and oxygen atoms in total. The zero-order chi connectivity index (χ0) is 29.4. The maximum absolute atomic E-state index is 13.7. The molecule has 0 aliphatic carbocycles. The summed E-state index contributed by atoms with van der Waals surface area (Å²) in [5, 5.41) is 18.3. The summed E-state index contributed by atoms with van der Waals surface area (Å²) in [6.45, 7) is -0.0398. The highest BCUT2D eigenvalue weighted by molar-refractivity contribution is 9.10. The molecular formula is C30H17BrCl2N4O5. The van der Waals surface area contributed by atoms with Gasteiger partial charge in [0.05, 0.1) is 32.1 Å². The molecular weight excluding hydrogens is 647 g/mol. The van der Waals surface area contributed by atoms with E-state index < -0.39 is 10.5 Å². The summed E-state index contributed by atoms with van der Waals surface area (Å²) in [5.74, 6) is 0.437. The number of furan rings is 1. The lowest BCUT2D eigenvalue weighted by Crippen LogP contribution is -2.20. The van der Waals surface area contributed by atoms with Gasteiger partial charge in [0.25, 0.3) is 5.56 Å². The van der Waals surface area contributed by atoms with Gasteiger partial charge in [0.2, 0.25) is 11.6 Å². The van der Waals surface area contributed by atoms with Crippen LogP contribution in [0, 0.1) is 10.1 Å². The zero-order valence-corrected chi connectivity index (χ0v) is 24.4. The minimum absolute atomic E-state index is 0.0398. The summed E-state index contributed by atoms with van der Waals surface area (Å²) in [4.78, 5) is 29.7. The number of fused-ring (bicyclic) bond motifs is 2. The van der Waals surface area contributed by atoms with Crippen molar-refractivity contribution in [3.05, 3.63) is 131 Å². The first-order valence-electron chi connectivity index (χ1n) is 12.4. The summed E-state index contributed by atoms with van der Waals surface area (Å²) in [7, 11) is 0. The third kappa shape index (κ3) is 5.39. The highest BCUT2D eigenvalue weighted by Gasteiger charge is 2.22. The van der Waals surface area contributed by atoms with E-state index in [0.29, 0.717) is 42.3 Å². The number of rotatable bonds is 7. The number of hydrogen-bond acceptors (Lipinski definition) is 7. The second-order valence-corrected chi connectivity index (χ2v) is 10.8. The lowest BCUT2D eigenvalue weighted by molar-refractivity contribution is -0.386. The molecule has 42 heavy (non-hydrogen) atoms. The molecule has 0 atom stereocenters. The standard InChI is InChI=1S/C30H17BrCl2N4O5/c31-20-12-19(28(25(14-20)37(39)40)41-16-17-9-10-22(32)23(33)11-17)15-34-36-29(27-13-18-5-1-4-8-26(18)42-27)35-24-7-3-2-6-21(24)30(36)38/h1-15H,16H2. The van der Waals surface area contributed by atoms with Crippen molar-refractivity contribution in [3.8, 4) is 17.3 Å². The van der Waals surface area contributed by atoms with E-state index in [1.807, 2.05) is 24.3 Å². The molecule has 2 heterocycles. The van der Waals surface area contributed by atoms with Crippen molar-refractivity contribution in [3.63, 3.8) is 0 Å². The molecule has 0 saturated heterocycles. The van der Waals surface area contributed by atoms with Crippen molar-refractivity contribution in [2.24, 2.45) is 5.10 Å². The molecule has 0 fully saturated rings. The molecule has 0 aliphatic rings. The molecule has 0 bridgehead atoms. The number of nitro groups is 1. The molecule has 0 N–H and O–H groups in total. The second-order valence-electron chi connectivity index (χ2n) is 9.10. The Kier molecular flexibility index (Phi) is 7.51. The summed E-state index contributed by atoms with van der Waals surface area (Å²) in [6.07, 6.45) is 1.31. The molecule has 4 aromatic carbocycles. The van der Waals surface area contributed by atoms with Crippen molar-refractivity contribution in [1.82, 2.24) is 9.66 Å². The predicted octanol–water partition coefficient (Wildman–Crippen LogP) is 8.25. The van der Waals surface area contributed by atoms with Crippen LogP contribution in [0.15, 0.2) is 104 Å². The number of nitrogens with zero attached hydrogens (tertiary/aromatic N) is 4. The van der Waals surface area contributed by atoms with Crippen LogP contribution in [0.25, 0.3) is 33.5 Å². The fraction of sp³-hybridized carbons (Fsp3) is 0.0333. The van der Waals surface area contributed by atoms with Gasteiger partial charge in [0.15, 0.2) is 5.76 Å². The van der Waals surface area contributed by atoms with Crippen molar-refractivity contribution in [2.75, 3.05) is 0 Å². The normalized spacial score (nSPS) is 11.5. The van der Waals surface area contributed by atoms with Gasteiger partial charge in [-0.3, -0.25) is 14.9 Å². The Morgan fingerprint density at radius 1 is 1.02 bits per heavy atom. The van der Waals surface area contributed by atoms with Crippen LogP contribution >= 0.6 is 39.1 Å². The predicted molar refractivity (Wildman–Crippen MR) is 166 cm³/mol. The Bertz CT molecular complexity index is 2080. The number of para-hydroxylation sites is 2. The van der Waals surface area contributed by atoms with Crippen LogP contribution in [0.5, 0.6) is 5.75 Å². The van der Waals surface area contributed by atoms with Crippen LogP contribution in [-0.2, 0) is 6.61 Å². The van der Waals surface area contributed by atoms with E-state index in [-0.39, 0.29) is 29.4 Å². The Morgan fingerprint density at radius 3 is 2.60 bits per heavy atom. The van der Waals surface area contributed by atoms with Crippen LogP contribution in [0.3, 0.4) is 0 Å². The van der Waals surface area contributed by atoms with Gasteiger partial charge in [-0.2, -0.15) is 9.78 Å². The molecule has 2 aromatic heterocycles. The van der Waals surface area contributed by atoms with Crippen molar-refractivity contribution >= 4 is 72.9 Å². The summed E-state index contributed by atoms with van der Waals surface area (Å²) < 4.78 is 13.5. The van der Waals surface area contributed by atoms with Crippen molar-refractivity contribution in [1.29, 1.82) is 0 Å². The molecule has 12 heteroatoms. The van der Waals surface area contributed by atoms with Crippen LogP contribution in [0.1, 0.15) is 11.1 Å². The molecule has 0 aliphatic heterocycles. The Labute approximate surface area is 255 Å². The minimum atomic E-state index is -0.560. The highest BCUT2D eigenvalue weighted by Crippen LogP contribution is 2.35. The van der Waals surface area contributed by atoms with Gasteiger partial charge in [-0.1, -0.05) is 75.5 Å². The quantitative estimate of drug-likeness (QED) is 0.0966.